The van der Waals surface area contributed by atoms with Crippen LogP contribution in [0.4, 0.5) is 4.79 Å². The fraction of sp³-hybridized carbons (Fsp3) is 0.259. The van der Waals surface area contributed by atoms with Crippen LogP contribution < -0.4 is 4.74 Å². The summed E-state index contributed by atoms with van der Waals surface area (Å²) >= 11 is 18.5. The minimum atomic E-state index is -0.628. The Kier molecular flexibility index (Phi) is 6.95. The molecule has 0 aliphatic carbocycles. The first-order chi connectivity index (χ1) is 16.1. The summed E-state index contributed by atoms with van der Waals surface area (Å²) in [5.74, 6) is 1.08. The molecule has 34 heavy (non-hydrogen) atoms. The predicted molar refractivity (Wildman–Crippen MR) is 140 cm³/mol. The summed E-state index contributed by atoms with van der Waals surface area (Å²) in [6.45, 7) is 6.41. The second kappa shape index (κ2) is 9.61. The highest BCUT2D eigenvalue weighted by molar-refractivity contribution is 6.64. The lowest BCUT2D eigenvalue weighted by molar-refractivity contribution is 0.231. The lowest BCUT2D eigenvalue weighted by Crippen LogP contribution is -2.34. The Balaban J connectivity index is 1.91. The molecular weight excluding hydrogens is 491 g/mol. The van der Waals surface area contributed by atoms with Gasteiger partial charge in [-0.1, -0.05) is 74.3 Å². The van der Waals surface area contributed by atoms with Crippen molar-refractivity contribution < 1.29 is 9.53 Å². The maximum Gasteiger partial charge on any atom is 0.322 e. The van der Waals surface area contributed by atoms with E-state index < -0.39 is 17.5 Å². The van der Waals surface area contributed by atoms with Crippen LogP contribution in [0.25, 0.3) is 0 Å². The van der Waals surface area contributed by atoms with Gasteiger partial charge in [0.05, 0.1) is 18.7 Å². The van der Waals surface area contributed by atoms with Crippen LogP contribution in [0.1, 0.15) is 55.1 Å². The van der Waals surface area contributed by atoms with E-state index in [1.54, 1.807) is 19.2 Å². The van der Waals surface area contributed by atoms with Crippen molar-refractivity contribution in [1.82, 2.24) is 4.90 Å². The number of carbonyl (C=O) groups is 1. The van der Waals surface area contributed by atoms with Crippen molar-refractivity contribution in [2.45, 2.75) is 38.3 Å². The number of nitrogens with zero attached hydrogens (tertiary/aromatic N) is 2. The largest absolute Gasteiger partial charge is 0.496 e. The summed E-state index contributed by atoms with van der Waals surface area (Å²) in [7, 11) is 1.61. The normalized spacial score (nSPS) is 18.1. The molecule has 4 nitrogen and oxygen atoms in total. The van der Waals surface area contributed by atoms with Crippen LogP contribution in [-0.4, -0.2) is 23.2 Å². The second-order valence-corrected chi connectivity index (χ2v) is 10.4. The van der Waals surface area contributed by atoms with E-state index in [0.29, 0.717) is 27.2 Å². The Morgan fingerprint density at radius 1 is 0.912 bits per heavy atom. The van der Waals surface area contributed by atoms with E-state index in [9.17, 15) is 4.79 Å². The van der Waals surface area contributed by atoms with Gasteiger partial charge in [0.25, 0.3) is 0 Å². The molecule has 0 unspecified atom stereocenters. The molecule has 1 aliphatic rings. The summed E-state index contributed by atoms with van der Waals surface area (Å²) in [6, 6.07) is 19.9. The molecule has 7 heteroatoms. The molecular formula is C27H25Cl3N2O2. The van der Waals surface area contributed by atoms with Gasteiger partial charge in [-0.25, -0.2) is 0 Å². The van der Waals surface area contributed by atoms with Gasteiger partial charge in [-0.3, -0.25) is 14.7 Å². The Morgan fingerprint density at radius 2 is 1.47 bits per heavy atom. The van der Waals surface area contributed by atoms with E-state index in [1.807, 2.05) is 54.6 Å². The zero-order chi connectivity index (χ0) is 24.6. The first-order valence-electron chi connectivity index (χ1n) is 10.9. The minimum Gasteiger partial charge on any atom is -0.496 e. The predicted octanol–water partition coefficient (Wildman–Crippen LogP) is 8.20. The average molecular weight is 516 g/mol. The van der Waals surface area contributed by atoms with Gasteiger partial charge in [-0.05, 0) is 70.1 Å². The number of hydrogen-bond donors (Lipinski definition) is 0. The van der Waals surface area contributed by atoms with Gasteiger partial charge in [0.15, 0.2) is 0 Å². The van der Waals surface area contributed by atoms with Crippen LogP contribution in [0, 0.1) is 0 Å². The lowest BCUT2D eigenvalue weighted by atomic mass is 9.86. The standard InChI is InChI=1S/C27H25Cl3N2O2/c1-27(2,3)18-9-14-21(22(15-18)34-4)25-31-23(16-5-10-19(28)11-6-16)24(32(25)26(30)33)17-7-12-20(29)13-8-17/h5-15,23-24H,1-4H3/t23-,24+/m0/s1. The number of methoxy groups -OCH3 is 1. The molecule has 3 aromatic carbocycles. The molecule has 3 aromatic rings. The van der Waals surface area contributed by atoms with Crippen molar-refractivity contribution in [1.29, 1.82) is 0 Å². The molecule has 0 radical (unpaired) electrons. The number of amides is 1. The van der Waals surface area contributed by atoms with E-state index in [4.69, 9.17) is 44.5 Å². The minimum absolute atomic E-state index is 0.0665. The molecule has 176 valence electrons. The number of amidine groups is 1. The monoisotopic (exact) mass is 514 g/mol. The van der Waals surface area contributed by atoms with Crippen molar-refractivity contribution in [2.75, 3.05) is 7.11 Å². The van der Waals surface area contributed by atoms with Crippen molar-refractivity contribution in [3.8, 4) is 5.75 Å². The molecule has 0 saturated carbocycles. The maximum absolute atomic E-state index is 12.9. The number of aliphatic imine (C=N–C) groups is 1. The van der Waals surface area contributed by atoms with Gasteiger partial charge < -0.3 is 4.74 Å². The van der Waals surface area contributed by atoms with Crippen molar-refractivity contribution >= 4 is 46.0 Å². The van der Waals surface area contributed by atoms with Crippen LogP contribution in [-0.2, 0) is 5.41 Å². The van der Waals surface area contributed by atoms with Crippen LogP contribution in [0.15, 0.2) is 71.7 Å². The summed E-state index contributed by atoms with van der Waals surface area (Å²) in [4.78, 5) is 19.4. The Hall–Kier alpha value is -2.53. The first-order valence-corrected chi connectivity index (χ1v) is 12.0. The third-order valence-corrected chi connectivity index (χ3v) is 6.67. The Bertz CT molecular complexity index is 1230. The number of rotatable bonds is 4. The number of carbonyl (C=O) groups excluding carboxylic acids is 1. The van der Waals surface area contributed by atoms with E-state index in [0.717, 1.165) is 16.7 Å². The zero-order valence-electron chi connectivity index (χ0n) is 19.4. The molecule has 1 aliphatic heterocycles. The van der Waals surface area contributed by atoms with Crippen molar-refractivity contribution in [3.63, 3.8) is 0 Å². The third-order valence-electron chi connectivity index (χ3n) is 5.99. The summed E-state index contributed by atoms with van der Waals surface area (Å²) in [6.07, 6.45) is 0. The molecule has 0 bridgehead atoms. The van der Waals surface area contributed by atoms with E-state index in [2.05, 4.69) is 20.8 Å². The van der Waals surface area contributed by atoms with Crippen molar-refractivity contribution in [2.24, 2.45) is 4.99 Å². The third kappa shape index (κ3) is 4.81. The molecule has 4 rings (SSSR count). The highest BCUT2D eigenvalue weighted by atomic mass is 35.5. The molecule has 2 atom stereocenters. The van der Waals surface area contributed by atoms with Crippen LogP contribution in [0.3, 0.4) is 0 Å². The fourth-order valence-corrected chi connectivity index (χ4v) is 4.62. The van der Waals surface area contributed by atoms with Crippen LogP contribution >= 0.6 is 34.8 Å². The zero-order valence-corrected chi connectivity index (χ0v) is 21.6. The smallest absolute Gasteiger partial charge is 0.322 e. The topological polar surface area (TPSA) is 41.9 Å². The molecule has 0 N–H and O–H groups in total. The number of benzene rings is 3. The summed E-state index contributed by atoms with van der Waals surface area (Å²) in [5.41, 5.74) is 3.51. The maximum atomic E-state index is 12.9. The van der Waals surface area contributed by atoms with Crippen molar-refractivity contribution in [3.05, 3.63) is 99.0 Å². The van der Waals surface area contributed by atoms with Gasteiger partial charge in [-0.2, -0.15) is 0 Å². The SMILES string of the molecule is COc1cc(C(C)(C)C)ccc1C1=N[C@@H](c2ccc(Cl)cc2)[C@@H](c2ccc(Cl)cc2)N1C(=O)Cl. The number of halogens is 3. The van der Waals surface area contributed by atoms with Gasteiger partial charge in [0.2, 0.25) is 0 Å². The molecule has 0 saturated heterocycles. The summed E-state index contributed by atoms with van der Waals surface area (Å²) < 4.78 is 5.74. The van der Waals surface area contributed by atoms with Crippen LogP contribution in [0.2, 0.25) is 10.0 Å². The van der Waals surface area contributed by atoms with E-state index in [-0.39, 0.29) is 5.41 Å². The average Bonchev–Trinajstić information content (AvgIpc) is 3.19. The lowest BCUT2D eigenvalue weighted by Gasteiger charge is -2.28. The first kappa shape index (κ1) is 24.6. The molecule has 0 fully saturated rings. The van der Waals surface area contributed by atoms with E-state index >= 15 is 0 Å². The highest BCUT2D eigenvalue weighted by Crippen LogP contribution is 2.45. The Labute approximate surface area is 215 Å². The fourth-order valence-electron chi connectivity index (χ4n) is 4.18. The molecule has 0 spiro atoms. The molecule has 0 aromatic heterocycles. The highest BCUT2D eigenvalue weighted by Gasteiger charge is 2.42. The van der Waals surface area contributed by atoms with Gasteiger partial charge in [0.1, 0.15) is 17.6 Å². The number of ether oxygens (including phenoxy) is 1. The van der Waals surface area contributed by atoms with Gasteiger partial charge >= 0.3 is 5.37 Å². The number of hydrogen-bond acceptors (Lipinski definition) is 3. The molecule has 1 heterocycles. The second-order valence-electron chi connectivity index (χ2n) is 9.23. The van der Waals surface area contributed by atoms with Gasteiger partial charge in [0, 0.05) is 10.0 Å². The quantitative estimate of drug-likeness (QED) is 0.259. The van der Waals surface area contributed by atoms with E-state index in [1.165, 1.54) is 4.90 Å². The molecule has 1 amide bonds. The summed E-state index contributed by atoms with van der Waals surface area (Å²) in [5, 5.41) is 0.602. The Morgan fingerprint density at radius 3 is 1.97 bits per heavy atom. The van der Waals surface area contributed by atoms with Gasteiger partial charge in [-0.15, -0.1) is 0 Å². The van der Waals surface area contributed by atoms with Crippen LogP contribution in [0.5, 0.6) is 5.75 Å².